The summed E-state index contributed by atoms with van der Waals surface area (Å²) in [5, 5.41) is 3.25. The van der Waals surface area contributed by atoms with Gasteiger partial charge in [0.2, 0.25) is 10.0 Å². The van der Waals surface area contributed by atoms with Crippen LogP contribution in [-0.4, -0.2) is 41.7 Å². The van der Waals surface area contributed by atoms with Gasteiger partial charge in [-0.05, 0) is 62.6 Å². The van der Waals surface area contributed by atoms with Gasteiger partial charge in [0.15, 0.2) is 10.8 Å². The average Bonchev–Trinajstić information content (AvgIpc) is 3.11. The molecule has 0 spiro atoms. The van der Waals surface area contributed by atoms with Gasteiger partial charge in [0, 0.05) is 24.3 Å². The summed E-state index contributed by atoms with van der Waals surface area (Å²) in [7, 11) is -3.51. The molecule has 0 atom stereocenters. The fourth-order valence-corrected chi connectivity index (χ4v) is 5.87. The number of piperidine rings is 1. The number of aryl methyl sites for hydroxylation is 2. The molecular formula is C20H22N4O3S2. The third kappa shape index (κ3) is 4.03. The van der Waals surface area contributed by atoms with Crippen LogP contribution in [0, 0.1) is 13.8 Å². The molecule has 1 aromatic carbocycles. The fourth-order valence-electron chi connectivity index (χ4n) is 3.48. The monoisotopic (exact) mass is 430 g/mol. The summed E-state index contributed by atoms with van der Waals surface area (Å²) >= 11 is 1.37. The molecule has 0 bridgehead atoms. The fraction of sp³-hybridized carbons (Fsp3) is 0.350. The molecule has 29 heavy (non-hydrogen) atoms. The topological polar surface area (TPSA) is 92.3 Å². The number of carbonyl (C=O) groups excluding carboxylic acids is 1. The van der Waals surface area contributed by atoms with Crippen LogP contribution in [0.15, 0.2) is 35.2 Å². The molecule has 1 saturated heterocycles. The highest BCUT2D eigenvalue weighted by Gasteiger charge is 2.26. The number of carbonyl (C=O) groups is 1. The third-order valence-electron chi connectivity index (χ3n) is 4.96. The van der Waals surface area contributed by atoms with E-state index in [4.69, 9.17) is 0 Å². The number of pyridine rings is 1. The van der Waals surface area contributed by atoms with E-state index in [1.165, 1.54) is 39.9 Å². The Balaban J connectivity index is 1.52. The Kier molecular flexibility index (Phi) is 5.37. The van der Waals surface area contributed by atoms with Crippen molar-refractivity contribution >= 4 is 42.7 Å². The number of rotatable bonds is 4. The predicted octanol–water partition coefficient (Wildman–Crippen LogP) is 3.74. The number of hydrogen-bond acceptors (Lipinski definition) is 6. The van der Waals surface area contributed by atoms with Crippen molar-refractivity contribution in [3.63, 3.8) is 0 Å². The van der Waals surface area contributed by atoms with Crippen molar-refractivity contribution < 1.29 is 13.2 Å². The van der Waals surface area contributed by atoms with E-state index in [9.17, 15) is 13.2 Å². The molecule has 152 valence electrons. The second-order valence-corrected chi connectivity index (χ2v) is 10.1. The number of fused-ring (bicyclic) bond motifs is 1. The summed E-state index contributed by atoms with van der Waals surface area (Å²) in [6, 6.07) is 8.03. The molecule has 3 aromatic rings. The normalized spacial score (nSPS) is 15.5. The number of nitrogens with one attached hydrogen (secondary N) is 1. The quantitative estimate of drug-likeness (QED) is 0.681. The first kappa shape index (κ1) is 19.9. The van der Waals surface area contributed by atoms with Crippen LogP contribution in [0.2, 0.25) is 0 Å². The van der Waals surface area contributed by atoms with E-state index in [1.807, 2.05) is 19.9 Å². The van der Waals surface area contributed by atoms with Crippen molar-refractivity contribution in [3.05, 3.63) is 47.2 Å². The van der Waals surface area contributed by atoms with Crippen molar-refractivity contribution in [2.75, 3.05) is 18.4 Å². The minimum absolute atomic E-state index is 0.214. The van der Waals surface area contributed by atoms with Crippen LogP contribution < -0.4 is 5.32 Å². The molecule has 1 fully saturated rings. The molecule has 0 aliphatic carbocycles. The van der Waals surface area contributed by atoms with Gasteiger partial charge in [0.1, 0.15) is 0 Å². The molecule has 0 unspecified atom stereocenters. The lowest BCUT2D eigenvalue weighted by Gasteiger charge is -2.25. The molecule has 1 aliphatic rings. The smallest absolute Gasteiger partial charge is 0.257 e. The number of hydrogen-bond donors (Lipinski definition) is 1. The first-order valence-electron chi connectivity index (χ1n) is 9.51. The van der Waals surface area contributed by atoms with Gasteiger partial charge in [-0.15, -0.1) is 0 Å². The maximum atomic E-state index is 12.7. The van der Waals surface area contributed by atoms with Gasteiger partial charge >= 0.3 is 0 Å². The summed E-state index contributed by atoms with van der Waals surface area (Å²) < 4.78 is 27.9. The Bertz CT molecular complexity index is 1160. The average molecular weight is 431 g/mol. The van der Waals surface area contributed by atoms with Gasteiger partial charge in [-0.1, -0.05) is 17.8 Å². The Morgan fingerprint density at radius 1 is 1.07 bits per heavy atom. The van der Waals surface area contributed by atoms with Crippen LogP contribution in [0.3, 0.4) is 0 Å². The van der Waals surface area contributed by atoms with Crippen molar-refractivity contribution in [1.82, 2.24) is 14.3 Å². The zero-order valence-corrected chi connectivity index (χ0v) is 17.9. The van der Waals surface area contributed by atoms with Crippen molar-refractivity contribution in [2.45, 2.75) is 38.0 Å². The summed E-state index contributed by atoms with van der Waals surface area (Å²) in [6.07, 6.45) is 2.83. The van der Waals surface area contributed by atoms with E-state index in [-0.39, 0.29) is 10.8 Å². The second kappa shape index (κ2) is 7.81. The summed E-state index contributed by atoms with van der Waals surface area (Å²) in [5.41, 5.74) is 2.94. The molecule has 4 rings (SSSR count). The molecule has 1 N–H and O–H groups in total. The molecule has 0 radical (unpaired) electrons. The third-order valence-corrected chi connectivity index (χ3v) is 7.97. The Hall–Kier alpha value is -2.36. The number of amides is 1. The Labute approximate surface area is 173 Å². The number of benzene rings is 1. The molecule has 0 saturated carbocycles. The minimum Gasteiger partial charge on any atom is -0.298 e. The van der Waals surface area contributed by atoms with Crippen LogP contribution >= 0.6 is 11.3 Å². The van der Waals surface area contributed by atoms with E-state index >= 15 is 0 Å². The van der Waals surface area contributed by atoms with Crippen molar-refractivity contribution in [2.24, 2.45) is 0 Å². The highest BCUT2D eigenvalue weighted by molar-refractivity contribution is 7.89. The number of anilines is 1. The predicted molar refractivity (Wildman–Crippen MR) is 114 cm³/mol. The Morgan fingerprint density at radius 3 is 2.45 bits per heavy atom. The molecule has 2 aromatic heterocycles. The maximum Gasteiger partial charge on any atom is 0.257 e. The molecule has 7 nitrogen and oxygen atoms in total. The number of sulfonamides is 1. The van der Waals surface area contributed by atoms with Gasteiger partial charge in [-0.3, -0.25) is 10.1 Å². The molecule has 1 aliphatic heterocycles. The number of thiazole rings is 1. The molecular weight excluding hydrogens is 408 g/mol. The van der Waals surface area contributed by atoms with Gasteiger partial charge in [-0.25, -0.2) is 13.4 Å². The minimum atomic E-state index is -3.51. The largest absolute Gasteiger partial charge is 0.298 e. The highest BCUT2D eigenvalue weighted by atomic mass is 32.2. The zero-order valence-electron chi connectivity index (χ0n) is 16.3. The second-order valence-electron chi connectivity index (χ2n) is 7.20. The van der Waals surface area contributed by atoms with Crippen LogP contribution in [0.5, 0.6) is 0 Å². The van der Waals surface area contributed by atoms with Crippen molar-refractivity contribution in [1.29, 1.82) is 0 Å². The van der Waals surface area contributed by atoms with Gasteiger partial charge in [0.05, 0.1) is 9.60 Å². The molecule has 9 heteroatoms. The molecule has 3 heterocycles. The first-order valence-corrected chi connectivity index (χ1v) is 11.8. The van der Waals surface area contributed by atoms with Crippen LogP contribution in [0.1, 0.15) is 40.9 Å². The standard InChI is InChI=1S/C20H22N4O3S2/c1-13-12-14(2)21-18-17(13)28-20(22-18)23-19(25)15-6-8-16(9-7-15)29(26,27)24-10-4-3-5-11-24/h6-9,12H,3-5,10-11H2,1-2H3,(H,21,22,23,25). The van der Waals surface area contributed by atoms with E-state index in [2.05, 4.69) is 15.3 Å². The number of nitrogens with zero attached hydrogens (tertiary/aromatic N) is 3. The Morgan fingerprint density at radius 2 is 1.76 bits per heavy atom. The zero-order chi connectivity index (χ0) is 20.6. The van der Waals surface area contributed by atoms with Crippen LogP contribution in [0.25, 0.3) is 10.3 Å². The van der Waals surface area contributed by atoms with Gasteiger partial charge < -0.3 is 0 Å². The van der Waals surface area contributed by atoms with E-state index in [0.717, 1.165) is 35.2 Å². The lowest BCUT2D eigenvalue weighted by molar-refractivity contribution is 0.102. The summed E-state index contributed by atoms with van der Waals surface area (Å²) in [5.74, 6) is -0.333. The lowest BCUT2D eigenvalue weighted by atomic mass is 10.2. The van der Waals surface area contributed by atoms with E-state index in [1.54, 1.807) is 0 Å². The van der Waals surface area contributed by atoms with Gasteiger partial charge in [-0.2, -0.15) is 9.29 Å². The highest BCUT2D eigenvalue weighted by Crippen LogP contribution is 2.28. The molecule has 1 amide bonds. The van der Waals surface area contributed by atoms with Crippen LogP contribution in [-0.2, 0) is 10.0 Å². The lowest BCUT2D eigenvalue weighted by Crippen LogP contribution is -2.35. The first-order chi connectivity index (χ1) is 13.8. The van der Waals surface area contributed by atoms with Crippen LogP contribution in [0.4, 0.5) is 5.13 Å². The SMILES string of the molecule is Cc1cc(C)c2sc(NC(=O)c3ccc(S(=O)(=O)N4CCCCC4)cc3)nc2n1. The van der Waals surface area contributed by atoms with Crippen molar-refractivity contribution in [3.8, 4) is 0 Å². The maximum absolute atomic E-state index is 12.7. The van der Waals surface area contributed by atoms with Gasteiger partial charge in [0.25, 0.3) is 5.91 Å². The van der Waals surface area contributed by atoms with E-state index < -0.39 is 10.0 Å². The summed E-state index contributed by atoms with van der Waals surface area (Å²) in [4.78, 5) is 21.6. The summed E-state index contributed by atoms with van der Waals surface area (Å²) in [6.45, 7) is 5.00. The number of aromatic nitrogens is 2. The van der Waals surface area contributed by atoms with E-state index in [0.29, 0.717) is 29.4 Å².